The van der Waals surface area contributed by atoms with Crippen molar-refractivity contribution in [1.29, 1.82) is 0 Å². The third kappa shape index (κ3) is 3.13. The second-order valence-corrected chi connectivity index (χ2v) is 4.10. The van der Waals surface area contributed by atoms with E-state index in [1.165, 1.54) is 0 Å². The molecular weight excluding hydrogens is 253 g/mol. The Bertz CT molecular complexity index is 482. The molecule has 0 aliphatic carbocycles. The lowest BCUT2D eigenvalue weighted by Crippen LogP contribution is -2.03. The van der Waals surface area contributed by atoms with Gasteiger partial charge < -0.3 is 5.32 Å². The summed E-state index contributed by atoms with van der Waals surface area (Å²) in [5.74, 6) is 0. The number of halogens is 3. The van der Waals surface area contributed by atoms with E-state index in [2.05, 4.69) is 20.5 Å². The standard InChI is InChI=1S/C9H7F3N4S/c10-9(11,12)7-15-16-8(17-7)14-5-6-1-3-13-4-2-6/h1-4H,5H2,(H,14,16). The summed E-state index contributed by atoms with van der Waals surface area (Å²) in [7, 11) is 0. The van der Waals surface area contributed by atoms with Crippen molar-refractivity contribution >= 4 is 16.5 Å². The van der Waals surface area contributed by atoms with Crippen LogP contribution in [0.25, 0.3) is 0 Å². The zero-order chi connectivity index (χ0) is 12.3. The van der Waals surface area contributed by atoms with Gasteiger partial charge in [-0.1, -0.05) is 11.3 Å². The highest BCUT2D eigenvalue weighted by molar-refractivity contribution is 7.15. The molecule has 8 heteroatoms. The predicted octanol–water partition coefficient (Wildman–Crippen LogP) is 2.56. The molecule has 90 valence electrons. The second-order valence-electron chi connectivity index (χ2n) is 3.12. The summed E-state index contributed by atoms with van der Waals surface area (Å²) in [6, 6.07) is 3.53. The number of hydrogen-bond acceptors (Lipinski definition) is 5. The maximum atomic E-state index is 12.2. The van der Waals surface area contributed by atoms with Gasteiger partial charge in [-0.15, -0.1) is 10.2 Å². The molecule has 0 aromatic carbocycles. The third-order valence-electron chi connectivity index (χ3n) is 1.86. The van der Waals surface area contributed by atoms with Crippen LogP contribution in [-0.4, -0.2) is 15.2 Å². The molecule has 0 saturated heterocycles. The molecule has 0 aliphatic rings. The number of aromatic nitrogens is 3. The summed E-state index contributed by atoms with van der Waals surface area (Å²) < 4.78 is 36.7. The van der Waals surface area contributed by atoms with E-state index in [0.29, 0.717) is 17.9 Å². The summed E-state index contributed by atoms with van der Waals surface area (Å²) in [6.07, 6.45) is -1.22. The molecule has 2 aromatic rings. The minimum atomic E-state index is -4.44. The molecule has 0 bridgehead atoms. The van der Waals surface area contributed by atoms with E-state index in [9.17, 15) is 13.2 Å². The molecule has 0 fully saturated rings. The lowest BCUT2D eigenvalue weighted by molar-refractivity contribution is -0.138. The fraction of sp³-hybridized carbons (Fsp3) is 0.222. The van der Waals surface area contributed by atoms with Crippen LogP contribution in [0.1, 0.15) is 10.6 Å². The van der Waals surface area contributed by atoms with E-state index < -0.39 is 11.2 Å². The highest BCUT2D eigenvalue weighted by atomic mass is 32.1. The number of hydrogen-bond donors (Lipinski definition) is 1. The highest BCUT2D eigenvalue weighted by Crippen LogP contribution is 2.33. The van der Waals surface area contributed by atoms with Gasteiger partial charge in [0.1, 0.15) is 0 Å². The van der Waals surface area contributed by atoms with E-state index in [-0.39, 0.29) is 5.13 Å². The molecule has 0 amide bonds. The highest BCUT2D eigenvalue weighted by Gasteiger charge is 2.35. The van der Waals surface area contributed by atoms with Gasteiger partial charge in [0.25, 0.3) is 0 Å². The van der Waals surface area contributed by atoms with Gasteiger partial charge in [-0.2, -0.15) is 13.2 Å². The quantitative estimate of drug-likeness (QED) is 0.921. The Morgan fingerprint density at radius 2 is 1.88 bits per heavy atom. The first-order chi connectivity index (χ1) is 8.05. The number of rotatable bonds is 3. The molecule has 0 unspecified atom stereocenters. The van der Waals surface area contributed by atoms with E-state index >= 15 is 0 Å². The minimum Gasteiger partial charge on any atom is -0.356 e. The van der Waals surface area contributed by atoms with E-state index in [1.807, 2.05) is 0 Å². The third-order valence-corrected chi connectivity index (χ3v) is 2.79. The average Bonchev–Trinajstić information content (AvgIpc) is 2.76. The number of nitrogens with one attached hydrogen (secondary N) is 1. The summed E-state index contributed by atoms with van der Waals surface area (Å²) >= 11 is 0.485. The van der Waals surface area contributed by atoms with Gasteiger partial charge in [-0.05, 0) is 17.7 Å². The van der Waals surface area contributed by atoms with Gasteiger partial charge in [0.05, 0.1) is 0 Å². The summed E-state index contributed by atoms with van der Waals surface area (Å²) in [4.78, 5) is 3.83. The smallest absolute Gasteiger partial charge is 0.356 e. The van der Waals surface area contributed by atoms with Crippen LogP contribution in [0.15, 0.2) is 24.5 Å². The molecule has 17 heavy (non-hydrogen) atoms. The maximum absolute atomic E-state index is 12.2. The zero-order valence-electron chi connectivity index (χ0n) is 8.40. The summed E-state index contributed by atoms with van der Waals surface area (Å²) in [5.41, 5.74) is 0.906. The molecule has 0 atom stereocenters. The van der Waals surface area contributed by atoms with Crippen molar-refractivity contribution in [2.24, 2.45) is 0 Å². The second kappa shape index (κ2) is 4.66. The lowest BCUT2D eigenvalue weighted by Gasteiger charge is -2.01. The Morgan fingerprint density at radius 1 is 1.18 bits per heavy atom. The van der Waals surface area contributed by atoms with Crippen molar-refractivity contribution in [2.75, 3.05) is 5.32 Å². The maximum Gasteiger partial charge on any atom is 0.445 e. The predicted molar refractivity (Wildman–Crippen MR) is 56.5 cm³/mol. The lowest BCUT2D eigenvalue weighted by atomic mass is 10.3. The van der Waals surface area contributed by atoms with Crippen LogP contribution >= 0.6 is 11.3 Å². The van der Waals surface area contributed by atoms with E-state index in [0.717, 1.165) is 5.56 Å². The van der Waals surface area contributed by atoms with Crippen molar-refractivity contribution in [1.82, 2.24) is 15.2 Å². The van der Waals surface area contributed by atoms with Gasteiger partial charge in [-0.3, -0.25) is 4.98 Å². The summed E-state index contributed by atoms with van der Waals surface area (Å²) in [6.45, 7) is 0.384. The number of anilines is 1. The van der Waals surface area contributed by atoms with Crippen LogP contribution in [0.2, 0.25) is 0 Å². The molecule has 2 aromatic heterocycles. The fourth-order valence-corrected chi connectivity index (χ4v) is 1.69. The number of alkyl halides is 3. The van der Waals surface area contributed by atoms with Crippen LogP contribution in [0.4, 0.5) is 18.3 Å². The number of nitrogens with zero attached hydrogens (tertiary/aromatic N) is 3. The van der Waals surface area contributed by atoms with E-state index in [1.54, 1.807) is 24.5 Å². The first kappa shape index (κ1) is 11.8. The Labute approximate surface area is 98.5 Å². The van der Waals surface area contributed by atoms with Crippen molar-refractivity contribution in [3.05, 3.63) is 35.1 Å². The van der Waals surface area contributed by atoms with Gasteiger partial charge in [-0.25, -0.2) is 0 Å². The van der Waals surface area contributed by atoms with Crippen LogP contribution in [0.5, 0.6) is 0 Å². The van der Waals surface area contributed by atoms with Crippen LogP contribution in [0, 0.1) is 0 Å². The normalized spacial score (nSPS) is 11.5. The largest absolute Gasteiger partial charge is 0.445 e. The first-order valence-electron chi connectivity index (χ1n) is 4.59. The van der Waals surface area contributed by atoms with Crippen LogP contribution in [-0.2, 0) is 12.7 Å². The Hall–Kier alpha value is -1.70. The number of pyridine rings is 1. The van der Waals surface area contributed by atoms with Crippen LogP contribution in [0.3, 0.4) is 0 Å². The van der Waals surface area contributed by atoms with E-state index in [4.69, 9.17) is 0 Å². The van der Waals surface area contributed by atoms with Crippen molar-refractivity contribution in [3.8, 4) is 0 Å². The average molecular weight is 260 g/mol. The SMILES string of the molecule is FC(F)(F)c1nnc(NCc2ccncc2)s1. The van der Waals surface area contributed by atoms with Gasteiger partial charge in [0.2, 0.25) is 10.1 Å². The molecule has 0 spiro atoms. The molecule has 2 heterocycles. The Kier molecular flexibility index (Phi) is 3.23. The van der Waals surface area contributed by atoms with Gasteiger partial charge in [0.15, 0.2) is 0 Å². The van der Waals surface area contributed by atoms with Gasteiger partial charge in [0, 0.05) is 18.9 Å². The molecule has 4 nitrogen and oxygen atoms in total. The molecular formula is C9H7F3N4S. The monoisotopic (exact) mass is 260 g/mol. The first-order valence-corrected chi connectivity index (χ1v) is 5.41. The zero-order valence-corrected chi connectivity index (χ0v) is 9.22. The van der Waals surface area contributed by atoms with Crippen molar-refractivity contribution < 1.29 is 13.2 Å². The molecule has 1 N–H and O–H groups in total. The topological polar surface area (TPSA) is 50.7 Å². The molecule has 0 aliphatic heterocycles. The van der Waals surface area contributed by atoms with Crippen LogP contribution < -0.4 is 5.32 Å². The fourth-order valence-electron chi connectivity index (χ4n) is 1.09. The van der Waals surface area contributed by atoms with Crippen molar-refractivity contribution in [3.63, 3.8) is 0 Å². The van der Waals surface area contributed by atoms with Gasteiger partial charge >= 0.3 is 6.18 Å². The van der Waals surface area contributed by atoms with Crippen molar-refractivity contribution in [2.45, 2.75) is 12.7 Å². The summed E-state index contributed by atoms with van der Waals surface area (Å²) in [5, 5.41) is 8.46. The minimum absolute atomic E-state index is 0.147. The molecule has 2 rings (SSSR count). The Morgan fingerprint density at radius 3 is 2.47 bits per heavy atom. The molecule has 0 radical (unpaired) electrons. The molecule has 0 saturated carbocycles. The Balaban J connectivity index is 1.99.